The minimum atomic E-state index is 0.591. The molecule has 2 aromatic heterocycles. The first kappa shape index (κ1) is 12.7. The Morgan fingerprint density at radius 3 is 2.50 bits per heavy atom. The van der Waals surface area contributed by atoms with E-state index in [0.717, 1.165) is 22.5 Å². The summed E-state index contributed by atoms with van der Waals surface area (Å²) in [6.07, 6.45) is 1.74. The Labute approximate surface area is 121 Å². The highest BCUT2D eigenvalue weighted by Gasteiger charge is 2.17. The van der Waals surface area contributed by atoms with Crippen molar-refractivity contribution in [1.82, 2.24) is 14.8 Å². The van der Waals surface area contributed by atoms with Gasteiger partial charge in [-0.2, -0.15) is 5.10 Å². The lowest BCUT2D eigenvalue weighted by atomic mass is 10.0. The minimum absolute atomic E-state index is 0.591. The van der Waals surface area contributed by atoms with Crippen LogP contribution in [0.2, 0.25) is 5.02 Å². The number of rotatable bonds is 2. The number of anilines is 1. The Morgan fingerprint density at radius 2 is 1.85 bits per heavy atom. The topological polar surface area (TPSA) is 56.7 Å². The molecule has 0 spiro atoms. The lowest BCUT2D eigenvalue weighted by molar-refractivity contribution is 0.782. The van der Waals surface area contributed by atoms with Crippen molar-refractivity contribution in [2.75, 3.05) is 5.73 Å². The highest BCUT2D eigenvalue weighted by atomic mass is 35.5. The van der Waals surface area contributed by atoms with Gasteiger partial charge in [0.25, 0.3) is 0 Å². The molecule has 0 bridgehead atoms. The van der Waals surface area contributed by atoms with Gasteiger partial charge in [0.15, 0.2) is 0 Å². The van der Waals surface area contributed by atoms with E-state index >= 15 is 0 Å². The highest BCUT2D eigenvalue weighted by molar-refractivity contribution is 6.30. The Hall–Kier alpha value is -2.33. The molecule has 3 aromatic rings. The molecular weight excluding hydrogens is 272 g/mol. The second-order valence-electron chi connectivity index (χ2n) is 4.45. The van der Waals surface area contributed by atoms with Crippen LogP contribution in [0.3, 0.4) is 0 Å². The molecule has 1 aromatic carbocycles. The van der Waals surface area contributed by atoms with Crippen LogP contribution in [0.5, 0.6) is 0 Å². The van der Waals surface area contributed by atoms with Gasteiger partial charge in [-0.15, -0.1) is 0 Å². The maximum atomic E-state index is 6.14. The predicted molar refractivity (Wildman–Crippen MR) is 81.3 cm³/mol. The van der Waals surface area contributed by atoms with E-state index < -0.39 is 0 Å². The number of aryl methyl sites for hydroxylation is 1. The van der Waals surface area contributed by atoms with Crippen LogP contribution in [0.4, 0.5) is 5.82 Å². The normalized spacial score (nSPS) is 10.7. The van der Waals surface area contributed by atoms with Gasteiger partial charge in [-0.1, -0.05) is 29.8 Å². The van der Waals surface area contributed by atoms with Gasteiger partial charge in [0.05, 0.1) is 11.3 Å². The van der Waals surface area contributed by atoms with Crippen LogP contribution in [-0.2, 0) is 7.05 Å². The average Bonchev–Trinajstić information content (AvgIpc) is 2.77. The standard InChI is InChI=1S/C15H13ClN4/c1-20-15(17)13(12-4-2-3-9-18-12)14(19-20)10-5-7-11(16)8-6-10/h2-9H,17H2,1H3. The number of hydrogen-bond donors (Lipinski definition) is 1. The van der Waals surface area contributed by atoms with Gasteiger partial charge in [0.2, 0.25) is 0 Å². The quantitative estimate of drug-likeness (QED) is 0.785. The average molecular weight is 285 g/mol. The van der Waals surface area contributed by atoms with Gasteiger partial charge in [0, 0.05) is 23.8 Å². The molecule has 0 radical (unpaired) electrons. The number of halogens is 1. The van der Waals surface area contributed by atoms with Gasteiger partial charge in [-0.05, 0) is 24.3 Å². The van der Waals surface area contributed by atoms with Crippen molar-refractivity contribution in [2.45, 2.75) is 0 Å². The summed E-state index contributed by atoms with van der Waals surface area (Å²) in [6.45, 7) is 0. The maximum Gasteiger partial charge on any atom is 0.131 e. The summed E-state index contributed by atoms with van der Waals surface area (Å²) in [5.41, 5.74) is 9.55. The van der Waals surface area contributed by atoms with E-state index in [1.807, 2.05) is 49.5 Å². The number of nitrogens with two attached hydrogens (primary N) is 1. The molecule has 2 heterocycles. The third-order valence-electron chi connectivity index (χ3n) is 3.13. The first-order valence-electron chi connectivity index (χ1n) is 6.16. The lowest BCUT2D eigenvalue weighted by Crippen LogP contribution is -1.98. The van der Waals surface area contributed by atoms with Crippen LogP contribution in [0, 0.1) is 0 Å². The Bertz CT molecular complexity index is 733. The van der Waals surface area contributed by atoms with Crippen LogP contribution >= 0.6 is 11.6 Å². The zero-order chi connectivity index (χ0) is 14.1. The lowest BCUT2D eigenvalue weighted by Gasteiger charge is -2.03. The molecule has 100 valence electrons. The van der Waals surface area contributed by atoms with E-state index in [1.54, 1.807) is 10.9 Å². The fourth-order valence-corrected chi connectivity index (χ4v) is 2.24. The van der Waals surface area contributed by atoms with Crippen molar-refractivity contribution in [2.24, 2.45) is 7.05 Å². The molecule has 0 aliphatic rings. The molecule has 0 saturated carbocycles. The van der Waals surface area contributed by atoms with Crippen LogP contribution in [-0.4, -0.2) is 14.8 Å². The molecular formula is C15H13ClN4. The summed E-state index contributed by atoms with van der Waals surface area (Å²) in [6, 6.07) is 13.3. The van der Waals surface area contributed by atoms with Crippen LogP contribution in [0.1, 0.15) is 0 Å². The summed E-state index contributed by atoms with van der Waals surface area (Å²) in [7, 11) is 1.82. The molecule has 5 heteroatoms. The monoisotopic (exact) mass is 284 g/mol. The fourth-order valence-electron chi connectivity index (χ4n) is 2.11. The molecule has 0 unspecified atom stereocenters. The third kappa shape index (κ3) is 2.14. The van der Waals surface area contributed by atoms with Crippen LogP contribution < -0.4 is 5.73 Å². The Morgan fingerprint density at radius 1 is 1.10 bits per heavy atom. The van der Waals surface area contributed by atoms with Crippen LogP contribution in [0.15, 0.2) is 48.7 Å². The van der Waals surface area contributed by atoms with Crippen molar-refractivity contribution < 1.29 is 0 Å². The second-order valence-corrected chi connectivity index (χ2v) is 4.89. The molecule has 4 nitrogen and oxygen atoms in total. The minimum Gasteiger partial charge on any atom is -0.383 e. The number of nitrogens with zero attached hydrogens (tertiary/aromatic N) is 3. The molecule has 0 saturated heterocycles. The van der Waals surface area contributed by atoms with Crippen molar-refractivity contribution in [3.8, 4) is 22.5 Å². The van der Waals surface area contributed by atoms with E-state index in [0.29, 0.717) is 10.8 Å². The number of nitrogen functional groups attached to an aromatic ring is 1. The third-order valence-corrected chi connectivity index (χ3v) is 3.38. The molecule has 2 N–H and O–H groups in total. The maximum absolute atomic E-state index is 6.14. The molecule has 3 rings (SSSR count). The molecule has 0 aliphatic heterocycles. The van der Waals surface area contributed by atoms with E-state index in [-0.39, 0.29) is 0 Å². The number of hydrogen-bond acceptors (Lipinski definition) is 3. The second kappa shape index (κ2) is 4.98. The molecule has 0 aliphatic carbocycles. The summed E-state index contributed by atoms with van der Waals surface area (Å²) in [4.78, 5) is 4.37. The SMILES string of the molecule is Cn1nc(-c2ccc(Cl)cc2)c(-c2ccccn2)c1N. The number of aromatic nitrogens is 3. The zero-order valence-corrected chi connectivity index (χ0v) is 11.7. The molecule has 20 heavy (non-hydrogen) atoms. The molecule has 0 amide bonds. The summed E-state index contributed by atoms with van der Waals surface area (Å²) in [5, 5.41) is 5.19. The van der Waals surface area contributed by atoms with Crippen molar-refractivity contribution in [3.63, 3.8) is 0 Å². The van der Waals surface area contributed by atoms with Crippen molar-refractivity contribution in [3.05, 3.63) is 53.7 Å². The largest absolute Gasteiger partial charge is 0.383 e. The van der Waals surface area contributed by atoms with Crippen molar-refractivity contribution in [1.29, 1.82) is 0 Å². The Kier molecular flexibility index (Phi) is 3.16. The van der Waals surface area contributed by atoms with E-state index in [2.05, 4.69) is 10.1 Å². The number of pyridine rings is 1. The molecule has 0 fully saturated rings. The van der Waals surface area contributed by atoms with E-state index in [4.69, 9.17) is 17.3 Å². The van der Waals surface area contributed by atoms with Crippen molar-refractivity contribution >= 4 is 17.4 Å². The fraction of sp³-hybridized carbons (Fsp3) is 0.0667. The van der Waals surface area contributed by atoms with Gasteiger partial charge in [0.1, 0.15) is 11.5 Å². The summed E-state index contributed by atoms with van der Waals surface area (Å²) in [5.74, 6) is 0.591. The van der Waals surface area contributed by atoms with Gasteiger partial charge in [-0.3, -0.25) is 9.67 Å². The summed E-state index contributed by atoms with van der Waals surface area (Å²) < 4.78 is 1.66. The zero-order valence-electron chi connectivity index (χ0n) is 10.9. The number of benzene rings is 1. The predicted octanol–water partition coefficient (Wildman–Crippen LogP) is 3.38. The van der Waals surface area contributed by atoms with Gasteiger partial charge in [-0.25, -0.2) is 0 Å². The van der Waals surface area contributed by atoms with Gasteiger partial charge < -0.3 is 5.73 Å². The van der Waals surface area contributed by atoms with E-state index in [9.17, 15) is 0 Å². The van der Waals surface area contributed by atoms with E-state index in [1.165, 1.54) is 0 Å². The highest BCUT2D eigenvalue weighted by Crippen LogP contribution is 2.34. The first-order valence-corrected chi connectivity index (χ1v) is 6.54. The first-order chi connectivity index (χ1) is 9.66. The Balaban J connectivity index is 2.22. The van der Waals surface area contributed by atoms with Crippen LogP contribution in [0.25, 0.3) is 22.5 Å². The van der Waals surface area contributed by atoms with Gasteiger partial charge >= 0.3 is 0 Å². The summed E-state index contributed by atoms with van der Waals surface area (Å²) >= 11 is 5.93. The smallest absolute Gasteiger partial charge is 0.131 e. The molecule has 0 atom stereocenters.